The average Bonchev–Trinajstić information content (AvgIpc) is 2.44. The molecule has 1 heterocycles. The number of hydrogen-bond acceptors (Lipinski definition) is 5. The van der Waals surface area contributed by atoms with Crippen molar-refractivity contribution in [3.8, 4) is 0 Å². The largest absolute Gasteiger partial charge is 0.383 e. The van der Waals surface area contributed by atoms with Crippen LogP contribution in [0.25, 0.3) is 0 Å². The summed E-state index contributed by atoms with van der Waals surface area (Å²) in [5.74, 6) is 0. The van der Waals surface area contributed by atoms with Gasteiger partial charge in [-0.05, 0) is 27.2 Å². The van der Waals surface area contributed by atoms with E-state index in [-0.39, 0.29) is 17.7 Å². The predicted octanol–water partition coefficient (Wildman–Crippen LogP) is 0.850. The Morgan fingerprint density at radius 3 is 2.35 bits per heavy atom. The Labute approximate surface area is 104 Å². The third kappa shape index (κ3) is 4.54. The molecule has 1 rings (SSSR count). The van der Waals surface area contributed by atoms with Gasteiger partial charge in [-0.3, -0.25) is 9.08 Å². The second-order valence-corrected chi connectivity index (χ2v) is 7.19. The van der Waals surface area contributed by atoms with Gasteiger partial charge < -0.3 is 4.74 Å². The van der Waals surface area contributed by atoms with E-state index in [1.807, 2.05) is 0 Å². The molecule has 1 saturated heterocycles. The maximum Gasteiger partial charge on any atom is 0.264 e. The van der Waals surface area contributed by atoms with Gasteiger partial charge >= 0.3 is 0 Å². The zero-order chi connectivity index (χ0) is 13.3. The van der Waals surface area contributed by atoms with Crippen molar-refractivity contribution >= 4 is 10.1 Å². The Morgan fingerprint density at radius 2 is 1.94 bits per heavy atom. The molecule has 0 unspecified atom stereocenters. The molecule has 0 bridgehead atoms. The minimum absolute atomic E-state index is 0.0151. The molecule has 0 aliphatic carbocycles. The fourth-order valence-electron chi connectivity index (χ4n) is 2.36. The SMILES string of the molecule is COC[C@H]1C[C@H](OS(C)(=O)=O)CN1C(C)(C)C. The molecule has 5 nitrogen and oxygen atoms in total. The Kier molecular flexibility index (Phi) is 4.57. The first-order chi connectivity index (χ1) is 7.63. The van der Waals surface area contributed by atoms with Crippen LogP contribution in [0.2, 0.25) is 0 Å². The van der Waals surface area contributed by atoms with Gasteiger partial charge in [-0.1, -0.05) is 0 Å². The summed E-state index contributed by atoms with van der Waals surface area (Å²) in [5, 5.41) is 0. The standard InChI is InChI=1S/C11H23NO4S/c1-11(2,3)12-7-10(16-17(5,13)14)6-9(12)8-15-4/h9-10H,6-8H2,1-5H3/t9-,10+/m1/s1. The lowest BCUT2D eigenvalue weighted by atomic mass is 10.1. The molecule has 0 amide bonds. The van der Waals surface area contributed by atoms with Gasteiger partial charge in [-0.15, -0.1) is 0 Å². The van der Waals surface area contributed by atoms with Crippen LogP contribution in [0, 0.1) is 0 Å². The molecule has 17 heavy (non-hydrogen) atoms. The van der Waals surface area contributed by atoms with Crippen molar-refractivity contribution in [3.63, 3.8) is 0 Å². The van der Waals surface area contributed by atoms with Crippen LogP contribution in [0.15, 0.2) is 0 Å². The van der Waals surface area contributed by atoms with Crippen LogP contribution >= 0.6 is 0 Å². The Morgan fingerprint density at radius 1 is 1.35 bits per heavy atom. The van der Waals surface area contributed by atoms with E-state index in [1.54, 1.807) is 7.11 Å². The van der Waals surface area contributed by atoms with Gasteiger partial charge in [0.05, 0.1) is 19.0 Å². The van der Waals surface area contributed by atoms with E-state index < -0.39 is 10.1 Å². The number of rotatable bonds is 4. The Bertz CT molecular complexity index is 347. The molecule has 1 fully saturated rings. The molecule has 0 aromatic rings. The fraction of sp³-hybridized carbons (Fsp3) is 1.00. The van der Waals surface area contributed by atoms with Crippen molar-refractivity contribution in [2.24, 2.45) is 0 Å². The third-order valence-electron chi connectivity index (χ3n) is 2.91. The molecule has 1 aliphatic rings. The molecule has 0 radical (unpaired) electrons. The first-order valence-electron chi connectivity index (χ1n) is 5.77. The monoisotopic (exact) mass is 265 g/mol. The first-order valence-corrected chi connectivity index (χ1v) is 7.59. The van der Waals surface area contributed by atoms with Crippen LogP contribution in [0.3, 0.4) is 0 Å². The van der Waals surface area contributed by atoms with Crippen molar-refractivity contribution < 1.29 is 17.3 Å². The van der Waals surface area contributed by atoms with Crippen molar-refractivity contribution in [1.82, 2.24) is 4.90 Å². The van der Waals surface area contributed by atoms with Crippen LogP contribution in [0.1, 0.15) is 27.2 Å². The van der Waals surface area contributed by atoms with Crippen LogP contribution in [-0.4, -0.2) is 57.5 Å². The maximum atomic E-state index is 11.1. The van der Waals surface area contributed by atoms with E-state index in [4.69, 9.17) is 8.92 Å². The minimum Gasteiger partial charge on any atom is -0.383 e. The lowest BCUT2D eigenvalue weighted by molar-refractivity contribution is 0.0585. The molecular weight excluding hydrogens is 242 g/mol. The molecule has 2 atom stereocenters. The number of likely N-dealkylation sites (tertiary alicyclic amines) is 1. The molecule has 1 aliphatic heterocycles. The van der Waals surface area contributed by atoms with Gasteiger partial charge in [0, 0.05) is 25.2 Å². The van der Waals surface area contributed by atoms with Crippen LogP contribution in [-0.2, 0) is 19.0 Å². The Balaban J connectivity index is 2.72. The summed E-state index contributed by atoms with van der Waals surface area (Å²) in [6, 6.07) is 0.215. The summed E-state index contributed by atoms with van der Waals surface area (Å²) in [4.78, 5) is 2.24. The van der Waals surface area contributed by atoms with E-state index in [0.717, 1.165) is 6.26 Å². The number of nitrogens with zero attached hydrogens (tertiary/aromatic N) is 1. The highest BCUT2D eigenvalue weighted by atomic mass is 32.2. The molecule has 0 aromatic heterocycles. The van der Waals surface area contributed by atoms with Gasteiger partial charge in [-0.25, -0.2) is 0 Å². The molecule has 102 valence electrons. The van der Waals surface area contributed by atoms with Crippen LogP contribution in [0.4, 0.5) is 0 Å². The number of methoxy groups -OCH3 is 1. The zero-order valence-corrected chi connectivity index (χ0v) is 12.1. The summed E-state index contributed by atoms with van der Waals surface area (Å²) >= 11 is 0. The van der Waals surface area contributed by atoms with Gasteiger partial charge in [-0.2, -0.15) is 8.42 Å². The van der Waals surface area contributed by atoms with E-state index in [1.165, 1.54) is 0 Å². The summed E-state index contributed by atoms with van der Waals surface area (Å²) in [6.07, 6.45) is 1.53. The highest BCUT2D eigenvalue weighted by Crippen LogP contribution is 2.28. The molecule has 0 saturated carbocycles. The molecular formula is C11H23NO4S. The summed E-state index contributed by atoms with van der Waals surface area (Å²) in [7, 11) is -1.72. The molecule has 0 aromatic carbocycles. The van der Waals surface area contributed by atoms with Crippen molar-refractivity contribution in [1.29, 1.82) is 0 Å². The van der Waals surface area contributed by atoms with Gasteiger partial charge in [0.25, 0.3) is 10.1 Å². The first kappa shape index (κ1) is 14.9. The number of hydrogen-bond donors (Lipinski definition) is 0. The van der Waals surface area contributed by atoms with Gasteiger partial charge in [0.15, 0.2) is 0 Å². The third-order valence-corrected chi connectivity index (χ3v) is 3.53. The van der Waals surface area contributed by atoms with E-state index in [2.05, 4.69) is 25.7 Å². The second-order valence-electron chi connectivity index (χ2n) is 5.59. The maximum absolute atomic E-state index is 11.1. The van der Waals surface area contributed by atoms with E-state index in [0.29, 0.717) is 19.6 Å². The average molecular weight is 265 g/mol. The van der Waals surface area contributed by atoms with Gasteiger partial charge in [0.2, 0.25) is 0 Å². The molecule has 6 heteroatoms. The highest BCUT2D eigenvalue weighted by molar-refractivity contribution is 7.86. The van der Waals surface area contributed by atoms with Crippen LogP contribution < -0.4 is 0 Å². The zero-order valence-electron chi connectivity index (χ0n) is 11.3. The fourth-order valence-corrected chi connectivity index (χ4v) is 3.00. The van der Waals surface area contributed by atoms with E-state index >= 15 is 0 Å². The highest BCUT2D eigenvalue weighted by Gasteiger charge is 2.39. The second kappa shape index (κ2) is 5.22. The smallest absolute Gasteiger partial charge is 0.264 e. The topological polar surface area (TPSA) is 55.8 Å². The van der Waals surface area contributed by atoms with Crippen LogP contribution in [0.5, 0.6) is 0 Å². The normalized spacial score (nSPS) is 27.6. The van der Waals surface area contributed by atoms with Crippen molar-refractivity contribution in [3.05, 3.63) is 0 Å². The van der Waals surface area contributed by atoms with Gasteiger partial charge in [0.1, 0.15) is 0 Å². The summed E-state index contributed by atoms with van der Waals surface area (Å²) in [6.45, 7) is 7.56. The molecule has 0 spiro atoms. The quantitative estimate of drug-likeness (QED) is 0.705. The van der Waals surface area contributed by atoms with Crippen molar-refractivity contribution in [2.45, 2.75) is 44.9 Å². The Hall–Kier alpha value is -0.170. The van der Waals surface area contributed by atoms with E-state index in [9.17, 15) is 8.42 Å². The minimum atomic E-state index is -3.38. The lowest BCUT2D eigenvalue weighted by Crippen LogP contribution is -2.46. The lowest BCUT2D eigenvalue weighted by Gasteiger charge is -2.36. The number of ether oxygens (including phenoxy) is 1. The summed E-state index contributed by atoms with van der Waals surface area (Å²) in [5.41, 5.74) is -0.0151. The summed E-state index contributed by atoms with van der Waals surface area (Å²) < 4.78 is 32.5. The molecule has 0 N–H and O–H groups in total. The van der Waals surface area contributed by atoms with Crippen molar-refractivity contribution in [2.75, 3.05) is 26.5 Å². The predicted molar refractivity (Wildman–Crippen MR) is 66.5 cm³/mol.